The molecule has 0 fully saturated rings. The normalized spacial score (nSPS) is 9.50. The van der Waals surface area contributed by atoms with Crippen molar-refractivity contribution in [2.75, 3.05) is 6.54 Å². The molecule has 0 heterocycles. The van der Waals surface area contributed by atoms with Crippen molar-refractivity contribution in [3.8, 4) is 0 Å². The molecule has 1 aromatic rings. The number of nitrogens with two attached hydrogens (primary N) is 1. The summed E-state index contributed by atoms with van der Waals surface area (Å²) in [7, 11) is 0. The number of hydrogen-bond acceptors (Lipinski definition) is 2. The minimum absolute atomic E-state index is 0.457. The standard InChI is InChI=1S/C10H12N2OS/c1-2-12-10(14)8-6-4-3-5-7(8)9(11)13/h3-6H,2H2,1H3,(H2,11,13)(H,12,14). The number of hydrogen-bond donors (Lipinski definition) is 2. The van der Waals surface area contributed by atoms with Gasteiger partial charge in [0.2, 0.25) is 5.91 Å². The third-order valence-corrected chi connectivity index (χ3v) is 2.14. The highest BCUT2D eigenvalue weighted by molar-refractivity contribution is 7.80. The molecule has 1 rings (SSSR count). The van der Waals surface area contributed by atoms with Gasteiger partial charge in [-0.05, 0) is 13.0 Å². The Bertz CT molecular complexity index is 363. The Balaban J connectivity index is 3.07. The highest BCUT2D eigenvalue weighted by Crippen LogP contribution is 2.08. The number of thiocarbonyl (C=S) groups is 1. The lowest BCUT2D eigenvalue weighted by molar-refractivity contribution is 0.1000. The van der Waals surface area contributed by atoms with Crippen LogP contribution in [-0.4, -0.2) is 17.4 Å². The fourth-order valence-electron chi connectivity index (χ4n) is 1.15. The Morgan fingerprint density at radius 3 is 2.50 bits per heavy atom. The lowest BCUT2D eigenvalue weighted by Crippen LogP contribution is -2.25. The summed E-state index contributed by atoms with van der Waals surface area (Å²) < 4.78 is 0. The maximum Gasteiger partial charge on any atom is 0.249 e. The smallest absolute Gasteiger partial charge is 0.249 e. The summed E-state index contributed by atoms with van der Waals surface area (Å²) in [5.74, 6) is -0.458. The molecule has 3 N–H and O–H groups in total. The van der Waals surface area contributed by atoms with Crippen LogP contribution >= 0.6 is 12.2 Å². The molecule has 0 spiro atoms. The van der Waals surface area contributed by atoms with Gasteiger partial charge in [0.15, 0.2) is 0 Å². The van der Waals surface area contributed by atoms with E-state index in [2.05, 4.69) is 5.32 Å². The molecule has 14 heavy (non-hydrogen) atoms. The van der Waals surface area contributed by atoms with Gasteiger partial charge in [0, 0.05) is 17.7 Å². The molecule has 1 aromatic carbocycles. The van der Waals surface area contributed by atoms with Crippen LogP contribution in [0.25, 0.3) is 0 Å². The summed E-state index contributed by atoms with van der Waals surface area (Å²) in [6, 6.07) is 7.04. The molecule has 0 radical (unpaired) electrons. The summed E-state index contributed by atoms with van der Waals surface area (Å²) in [6.45, 7) is 2.67. The van der Waals surface area contributed by atoms with Gasteiger partial charge in [-0.1, -0.05) is 30.4 Å². The summed E-state index contributed by atoms with van der Waals surface area (Å²) in [5.41, 5.74) is 6.37. The Kier molecular flexibility index (Phi) is 3.59. The second kappa shape index (κ2) is 4.72. The second-order valence-electron chi connectivity index (χ2n) is 2.77. The average molecular weight is 208 g/mol. The lowest BCUT2D eigenvalue weighted by Gasteiger charge is -2.08. The quantitative estimate of drug-likeness (QED) is 0.731. The van der Waals surface area contributed by atoms with E-state index in [0.717, 1.165) is 6.54 Å². The Hall–Kier alpha value is -1.42. The molecule has 74 valence electrons. The SMILES string of the molecule is CCNC(=S)c1ccccc1C(N)=O. The average Bonchev–Trinajstić information content (AvgIpc) is 2.18. The Morgan fingerprint density at radius 1 is 1.43 bits per heavy atom. The van der Waals surface area contributed by atoms with Crippen LogP contribution in [0.1, 0.15) is 22.8 Å². The highest BCUT2D eigenvalue weighted by Gasteiger charge is 2.09. The Morgan fingerprint density at radius 2 is 2.00 bits per heavy atom. The number of primary amides is 1. The zero-order valence-electron chi connectivity index (χ0n) is 7.91. The van der Waals surface area contributed by atoms with E-state index < -0.39 is 5.91 Å². The number of nitrogens with one attached hydrogen (secondary N) is 1. The zero-order valence-corrected chi connectivity index (χ0v) is 8.73. The first kappa shape index (κ1) is 10.7. The topological polar surface area (TPSA) is 55.1 Å². The van der Waals surface area contributed by atoms with Crippen molar-refractivity contribution in [3.63, 3.8) is 0 Å². The number of benzene rings is 1. The van der Waals surface area contributed by atoms with Gasteiger partial charge in [-0.3, -0.25) is 4.79 Å². The molecule has 0 aliphatic rings. The first-order valence-electron chi connectivity index (χ1n) is 4.33. The molecule has 0 saturated heterocycles. The molecular weight excluding hydrogens is 196 g/mol. The molecule has 0 unspecified atom stereocenters. The molecule has 0 bridgehead atoms. The van der Waals surface area contributed by atoms with E-state index in [1.54, 1.807) is 18.2 Å². The van der Waals surface area contributed by atoms with Gasteiger partial charge < -0.3 is 11.1 Å². The van der Waals surface area contributed by atoms with E-state index in [1.807, 2.05) is 13.0 Å². The van der Waals surface area contributed by atoms with Crippen molar-refractivity contribution in [2.45, 2.75) is 6.92 Å². The van der Waals surface area contributed by atoms with E-state index in [9.17, 15) is 4.79 Å². The van der Waals surface area contributed by atoms with Crippen molar-refractivity contribution in [2.24, 2.45) is 5.73 Å². The molecule has 1 amide bonds. The van der Waals surface area contributed by atoms with Gasteiger partial charge in [0.25, 0.3) is 0 Å². The minimum Gasteiger partial charge on any atom is -0.376 e. The molecule has 0 aliphatic heterocycles. The fourth-order valence-corrected chi connectivity index (χ4v) is 1.47. The summed E-state index contributed by atoms with van der Waals surface area (Å²) in [6.07, 6.45) is 0. The molecule has 0 aliphatic carbocycles. The van der Waals surface area contributed by atoms with Gasteiger partial charge in [-0.25, -0.2) is 0 Å². The first-order valence-corrected chi connectivity index (χ1v) is 4.74. The van der Waals surface area contributed by atoms with E-state index in [4.69, 9.17) is 18.0 Å². The molecule has 0 aromatic heterocycles. The van der Waals surface area contributed by atoms with Crippen LogP contribution in [0.5, 0.6) is 0 Å². The largest absolute Gasteiger partial charge is 0.376 e. The zero-order chi connectivity index (χ0) is 10.6. The monoisotopic (exact) mass is 208 g/mol. The summed E-state index contributed by atoms with van der Waals surface area (Å²) in [4.78, 5) is 11.6. The van der Waals surface area contributed by atoms with Gasteiger partial charge in [-0.15, -0.1) is 0 Å². The second-order valence-corrected chi connectivity index (χ2v) is 3.18. The van der Waals surface area contributed by atoms with Crippen LogP contribution in [0.2, 0.25) is 0 Å². The summed E-state index contributed by atoms with van der Waals surface area (Å²) in [5, 5.41) is 2.98. The number of amides is 1. The van der Waals surface area contributed by atoms with E-state index in [0.29, 0.717) is 16.1 Å². The van der Waals surface area contributed by atoms with Crippen molar-refractivity contribution in [3.05, 3.63) is 35.4 Å². The van der Waals surface area contributed by atoms with Crippen LogP contribution in [0.3, 0.4) is 0 Å². The van der Waals surface area contributed by atoms with Gasteiger partial charge >= 0.3 is 0 Å². The van der Waals surface area contributed by atoms with Crippen molar-refractivity contribution in [1.29, 1.82) is 0 Å². The Labute approximate surface area is 88.3 Å². The van der Waals surface area contributed by atoms with Crippen LogP contribution in [0.4, 0.5) is 0 Å². The van der Waals surface area contributed by atoms with Crippen molar-refractivity contribution < 1.29 is 4.79 Å². The number of carbonyl (C=O) groups is 1. The molecule has 0 atom stereocenters. The summed E-state index contributed by atoms with van der Waals surface area (Å²) >= 11 is 5.11. The van der Waals surface area contributed by atoms with Crippen molar-refractivity contribution in [1.82, 2.24) is 5.32 Å². The van der Waals surface area contributed by atoms with Crippen molar-refractivity contribution >= 4 is 23.1 Å². The van der Waals surface area contributed by atoms with Crippen LogP contribution in [0, 0.1) is 0 Å². The maximum atomic E-state index is 11.1. The van der Waals surface area contributed by atoms with Crippen LogP contribution < -0.4 is 11.1 Å². The lowest BCUT2D eigenvalue weighted by atomic mass is 10.1. The third kappa shape index (κ3) is 2.29. The number of carbonyl (C=O) groups excluding carboxylic acids is 1. The highest BCUT2D eigenvalue weighted by atomic mass is 32.1. The fraction of sp³-hybridized carbons (Fsp3) is 0.200. The molecular formula is C10H12N2OS. The van der Waals surface area contributed by atoms with E-state index in [-0.39, 0.29) is 0 Å². The molecule has 0 saturated carbocycles. The van der Waals surface area contributed by atoms with Crippen LogP contribution in [-0.2, 0) is 0 Å². The van der Waals surface area contributed by atoms with Crippen LogP contribution in [0.15, 0.2) is 24.3 Å². The first-order chi connectivity index (χ1) is 6.66. The molecule has 3 nitrogen and oxygen atoms in total. The minimum atomic E-state index is -0.458. The number of rotatable bonds is 3. The predicted octanol–water partition coefficient (Wildman–Crippen LogP) is 1.07. The molecule has 4 heteroatoms. The predicted molar refractivity (Wildman–Crippen MR) is 60.3 cm³/mol. The maximum absolute atomic E-state index is 11.1. The van der Waals surface area contributed by atoms with E-state index in [1.165, 1.54) is 0 Å². The van der Waals surface area contributed by atoms with Gasteiger partial charge in [0.05, 0.1) is 0 Å². The van der Waals surface area contributed by atoms with E-state index >= 15 is 0 Å². The third-order valence-electron chi connectivity index (χ3n) is 1.77. The van der Waals surface area contributed by atoms with Gasteiger partial charge in [-0.2, -0.15) is 0 Å². The van der Waals surface area contributed by atoms with Gasteiger partial charge in [0.1, 0.15) is 4.99 Å².